The molecule has 0 spiro atoms. The maximum absolute atomic E-state index is 13.2. The maximum atomic E-state index is 13.2. The molecule has 2 aliphatic rings. The van der Waals surface area contributed by atoms with E-state index in [0.717, 1.165) is 29.5 Å². The maximum Gasteiger partial charge on any atom is 0.248 e. The van der Waals surface area contributed by atoms with Gasteiger partial charge in [0.15, 0.2) is 0 Å². The number of aryl methyl sites for hydroxylation is 1. The van der Waals surface area contributed by atoms with Gasteiger partial charge in [0.05, 0.1) is 15.7 Å². The average Bonchev–Trinajstić information content (AvgIpc) is 2.64. The Labute approximate surface area is 177 Å². The van der Waals surface area contributed by atoms with Gasteiger partial charge in [-0.05, 0) is 66.0 Å². The molecule has 1 amide bonds. The lowest BCUT2D eigenvalue weighted by Crippen LogP contribution is -2.37. The number of carbonyl (C=O) groups excluding carboxylic acids is 1. The summed E-state index contributed by atoms with van der Waals surface area (Å²) in [6.45, 7) is 0. The molecule has 2 aliphatic carbocycles. The fourth-order valence-electron chi connectivity index (χ4n) is 4.35. The summed E-state index contributed by atoms with van der Waals surface area (Å²) in [5, 5.41) is 3.46. The number of carbonyl (C=O) groups is 1. The van der Waals surface area contributed by atoms with Gasteiger partial charge in [-0.1, -0.05) is 35.3 Å². The predicted octanol–water partition coefficient (Wildman–Crippen LogP) is 6.78. The number of alkyl halides is 2. The van der Waals surface area contributed by atoms with Crippen LogP contribution >= 0.6 is 23.2 Å². The van der Waals surface area contributed by atoms with Gasteiger partial charge in [-0.3, -0.25) is 4.79 Å². The van der Waals surface area contributed by atoms with E-state index in [0.29, 0.717) is 22.2 Å². The highest BCUT2D eigenvalue weighted by Gasteiger charge is 2.45. The number of rotatable bonds is 4. The van der Waals surface area contributed by atoms with Crippen molar-refractivity contribution in [2.24, 2.45) is 5.92 Å². The fraction of sp³-hybridized carbons (Fsp3) is 0.409. The zero-order valence-corrected chi connectivity index (χ0v) is 17.1. The van der Waals surface area contributed by atoms with Crippen molar-refractivity contribution in [2.45, 2.75) is 50.4 Å². The minimum Gasteiger partial charge on any atom is -0.324 e. The third-order valence-corrected chi connectivity index (χ3v) is 6.59. The summed E-state index contributed by atoms with van der Waals surface area (Å²) in [7, 11) is 0. The van der Waals surface area contributed by atoms with Crippen LogP contribution in [-0.4, -0.2) is 11.8 Å². The van der Waals surface area contributed by atoms with Crippen molar-refractivity contribution in [3.63, 3.8) is 0 Å². The van der Waals surface area contributed by atoms with E-state index in [1.807, 2.05) is 6.07 Å². The van der Waals surface area contributed by atoms with Gasteiger partial charge in [0.1, 0.15) is 5.82 Å². The summed E-state index contributed by atoms with van der Waals surface area (Å²) in [4.78, 5) is 12.3. The molecule has 0 radical (unpaired) electrons. The van der Waals surface area contributed by atoms with Crippen LogP contribution in [0.5, 0.6) is 0 Å². The normalized spacial score (nSPS) is 20.7. The molecule has 2 nitrogen and oxygen atoms in total. The Balaban J connectivity index is 1.51. The van der Waals surface area contributed by atoms with Crippen molar-refractivity contribution in [3.05, 3.63) is 62.9 Å². The number of hydrogen-bond donors (Lipinski definition) is 1. The Morgan fingerprint density at radius 1 is 1.17 bits per heavy atom. The Hall–Kier alpha value is -1.72. The van der Waals surface area contributed by atoms with Crippen LogP contribution in [0.4, 0.5) is 18.9 Å². The number of fused-ring (bicyclic) bond motifs is 1. The third-order valence-electron chi connectivity index (χ3n) is 5.88. The van der Waals surface area contributed by atoms with E-state index in [9.17, 15) is 18.0 Å². The van der Waals surface area contributed by atoms with Crippen molar-refractivity contribution in [3.8, 4) is 0 Å². The molecular formula is C22H20Cl2F3NO. The van der Waals surface area contributed by atoms with Gasteiger partial charge in [-0.2, -0.15) is 0 Å². The quantitative estimate of drug-likeness (QED) is 0.556. The first-order valence-electron chi connectivity index (χ1n) is 9.65. The summed E-state index contributed by atoms with van der Waals surface area (Å²) < 4.78 is 39.2. The highest BCUT2D eigenvalue weighted by molar-refractivity contribution is 6.40. The Bertz CT molecular complexity index is 938. The Kier molecular flexibility index (Phi) is 5.56. The van der Waals surface area contributed by atoms with Gasteiger partial charge < -0.3 is 5.32 Å². The second kappa shape index (κ2) is 7.84. The molecule has 0 aromatic heterocycles. The van der Waals surface area contributed by atoms with Gasteiger partial charge in [-0.25, -0.2) is 13.2 Å². The average molecular weight is 442 g/mol. The zero-order valence-electron chi connectivity index (χ0n) is 15.6. The first-order chi connectivity index (χ1) is 13.7. The van der Waals surface area contributed by atoms with Gasteiger partial charge in [-0.15, -0.1) is 0 Å². The number of hydrogen-bond acceptors (Lipinski definition) is 1. The standard InChI is InChI=1S/C22H20Cl2F3NO/c23-18-9-15-2-1-14(13-3-5-16(25)6-4-13)8-17(15)20(24)21(18)28-19(29)7-12-10-22(26,27)11-12/h3-6,9,12,14H,1-2,7-8,10-11H2,(H,28,29). The Morgan fingerprint density at radius 3 is 2.52 bits per heavy atom. The van der Waals surface area contributed by atoms with Crippen LogP contribution in [0, 0.1) is 11.7 Å². The van der Waals surface area contributed by atoms with Gasteiger partial charge in [0.2, 0.25) is 11.8 Å². The molecule has 4 rings (SSSR count). The first kappa shape index (κ1) is 20.5. The predicted molar refractivity (Wildman–Crippen MR) is 109 cm³/mol. The molecule has 0 saturated heterocycles. The lowest BCUT2D eigenvalue weighted by Gasteiger charge is -2.34. The summed E-state index contributed by atoms with van der Waals surface area (Å²) >= 11 is 13.0. The number of nitrogens with one attached hydrogen (secondary N) is 1. The van der Waals surface area contributed by atoms with Crippen LogP contribution in [0.3, 0.4) is 0 Å². The largest absolute Gasteiger partial charge is 0.324 e. The number of halogens is 5. The molecule has 154 valence electrons. The number of amides is 1. The monoisotopic (exact) mass is 441 g/mol. The summed E-state index contributed by atoms with van der Waals surface area (Å²) in [6.07, 6.45) is 1.85. The minimum atomic E-state index is -2.65. The van der Waals surface area contributed by atoms with Gasteiger partial charge in [0.25, 0.3) is 0 Å². The van der Waals surface area contributed by atoms with Gasteiger partial charge in [0, 0.05) is 19.3 Å². The summed E-state index contributed by atoms with van der Waals surface area (Å²) in [6, 6.07) is 8.28. The molecule has 2 aromatic carbocycles. The van der Waals surface area contributed by atoms with E-state index in [1.165, 1.54) is 12.1 Å². The molecule has 0 heterocycles. The Morgan fingerprint density at radius 2 is 1.86 bits per heavy atom. The van der Waals surface area contributed by atoms with Crippen LogP contribution in [0.15, 0.2) is 30.3 Å². The summed E-state index contributed by atoms with van der Waals surface area (Å²) in [5.74, 6) is -3.41. The van der Waals surface area contributed by atoms with Crippen molar-refractivity contribution in [1.82, 2.24) is 0 Å². The molecule has 29 heavy (non-hydrogen) atoms. The molecule has 0 bridgehead atoms. The molecule has 1 unspecified atom stereocenters. The summed E-state index contributed by atoms with van der Waals surface area (Å²) in [5.41, 5.74) is 3.33. The second-order valence-corrected chi connectivity index (χ2v) is 8.84. The van der Waals surface area contributed by atoms with E-state index in [2.05, 4.69) is 5.32 Å². The van der Waals surface area contributed by atoms with Crippen molar-refractivity contribution in [1.29, 1.82) is 0 Å². The van der Waals surface area contributed by atoms with E-state index in [1.54, 1.807) is 12.1 Å². The van der Waals surface area contributed by atoms with Crippen LogP contribution in [0.25, 0.3) is 0 Å². The van der Waals surface area contributed by atoms with Crippen molar-refractivity contribution < 1.29 is 18.0 Å². The second-order valence-electron chi connectivity index (χ2n) is 8.06. The number of anilines is 1. The molecule has 1 N–H and O–H groups in total. The van der Waals surface area contributed by atoms with Crippen molar-refractivity contribution >= 4 is 34.8 Å². The lowest BCUT2D eigenvalue weighted by molar-refractivity contribution is -0.129. The van der Waals surface area contributed by atoms with E-state index in [-0.39, 0.29) is 42.8 Å². The highest BCUT2D eigenvalue weighted by atomic mass is 35.5. The zero-order chi connectivity index (χ0) is 20.8. The smallest absolute Gasteiger partial charge is 0.248 e. The van der Waals surface area contributed by atoms with Crippen LogP contribution in [-0.2, 0) is 17.6 Å². The van der Waals surface area contributed by atoms with E-state index >= 15 is 0 Å². The molecule has 0 aliphatic heterocycles. The third kappa shape index (κ3) is 4.41. The van der Waals surface area contributed by atoms with Crippen molar-refractivity contribution in [2.75, 3.05) is 5.32 Å². The van der Waals surface area contributed by atoms with E-state index in [4.69, 9.17) is 23.2 Å². The first-order valence-corrected chi connectivity index (χ1v) is 10.4. The lowest BCUT2D eigenvalue weighted by atomic mass is 9.79. The van der Waals surface area contributed by atoms with Gasteiger partial charge >= 0.3 is 0 Å². The SMILES string of the molecule is O=C(CC1CC(F)(F)C1)Nc1c(Cl)cc2c(c1Cl)CC(c1ccc(F)cc1)CC2. The van der Waals surface area contributed by atoms with E-state index < -0.39 is 5.92 Å². The van der Waals surface area contributed by atoms with Crippen LogP contribution < -0.4 is 5.32 Å². The fourth-order valence-corrected chi connectivity index (χ4v) is 5.02. The topological polar surface area (TPSA) is 29.1 Å². The molecular weight excluding hydrogens is 422 g/mol. The highest BCUT2D eigenvalue weighted by Crippen LogP contribution is 2.45. The molecule has 7 heteroatoms. The van der Waals surface area contributed by atoms with Crippen LogP contribution in [0.1, 0.15) is 48.3 Å². The molecule has 1 atom stereocenters. The molecule has 1 fully saturated rings. The molecule has 2 aromatic rings. The number of benzene rings is 2. The molecule has 1 saturated carbocycles. The van der Waals surface area contributed by atoms with Crippen LogP contribution in [0.2, 0.25) is 10.0 Å². The minimum absolute atomic E-state index is 0.0253.